The molecule has 3 aromatic rings. The second-order valence-electron chi connectivity index (χ2n) is 6.39. The molecule has 0 saturated heterocycles. The van der Waals surface area contributed by atoms with Gasteiger partial charge >= 0.3 is 0 Å². The van der Waals surface area contributed by atoms with Crippen LogP contribution in [-0.2, 0) is 6.54 Å². The molecule has 0 amide bonds. The average molecular weight is 404 g/mol. The summed E-state index contributed by atoms with van der Waals surface area (Å²) in [6, 6.07) is 27.3. The van der Waals surface area contributed by atoms with E-state index in [-0.39, 0.29) is 0 Å². The van der Waals surface area contributed by atoms with Crippen molar-refractivity contribution in [3.63, 3.8) is 0 Å². The van der Waals surface area contributed by atoms with Crippen molar-refractivity contribution in [3.05, 3.63) is 112 Å². The van der Waals surface area contributed by atoms with E-state index in [1.165, 1.54) is 22.3 Å². The van der Waals surface area contributed by atoms with E-state index in [0.717, 1.165) is 15.7 Å². The van der Waals surface area contributed by atoms with Crippen molar-refractivity contribution < 1.29 is 0 Å². The van der Waals surface area contributed by atoms with E-state index in [1.807, 2.05) is 6.07 Å². The van der Waals surface area contributed by atoms with E-state index in [2.05, 4.69) is 109 Å². The summed E-state index contributed by atoms with van der Waals surface area (Å²) in [5.74, 6) is 0. The molecule has 0 N–H and O–H groups in total. The van der Waals surface area contributed by atoms with Crippen LogP contribution in [0.1, 0.15) is 29.2 Å². The Morgan fingerprint density at radius 2 is 1.62 bits per heavy atom. The van der Waals surface area contributed by atoms with Crippen molar-refractivity contribution in [2.45, 2.75) is 20.4 Å². The summed E-state index contributed by atoms with van der Waals surface area (Å²) in [5, 5.41) is 0. The number of hydrogen-bond donors (Lipinski definition) is 0. The largest absolute Gasteiger partial charge is 0.280 e. The molecule has 3 rings (SSSR count). The Morgan fingerprint density at radius 3 is 2.31 bits per heavy atom. The minimum Gasteiger partial charge on any atom is -0.280 e. The Labute approximate surface area is 164 Å². The Morgan fingerprint density at radius 1 is 0.885 bits per heavy atom. The number of halogens is 1. The second kappa shape index (κ2) is 8.77. The summed E-state index contributed by atoms with van der Waals surface area (Å²) in [5.41, 5.74) is 7.04. The molecule has 130 valence electrons. The standard InChI is InChI=1S/C24H22BrN/c1-18-7-6-10-22(15-18)19(2)16-24(21-11-13-23(25)14-12-21)26-17-20-8-4-3-5-9-20/h3-16H,17H2,1-2H3/b19-16+,26-24?. The van der Waals surface area contributed by atoms with Gasteiger partial charge in [0.25, 0.3) is 0 Å². The predicted octanol–water partition coefficient (Wildman–Crippen LogP) is 6.85. The van der Waals surface area contributed by atoms with Crippen molar-refractivity contribution in [2.75, 3.05) is 0 Å². The van der Waals surface area contributed by atoms with Crippen LogP contribution in [0.2, 0.25) is 0 Å². The first-order valence-electron chi connectivity index (χ1n) is 8.71. The minimum atomic E-state index is 0.670. The molecule has 1 nitrogen and oxygen atoms in total. The zero-order valence-corrected chi connectivity index (χ0v) is 16.7. The van der Waals surface area contributed by atoms with Crippen molar-refractivity contribution in [2.24, 2.45) is 4.99 Å². The zero-order valence-electron chi connectivity index (χ0n) is 15.1. The zero-order chi connectivity index (χ0) is 18.4. The van der Waals surface area contributed by atoms with Gasteiger partial charge in [0.2, 0.25) is 0 Å². The van der Waals surface area contributed by atoms with Gasteiger partial charge < -0.3 is 0 Å². The first-order chi connectivity index (χ1) is 12.6. The van der Waals surface area contributed by atoms with Crippen LogP contribution in [0.4, 0.5) is 0 Å². The summed E-state index contributed by atoms with van der Waals surface area (Å²) >= 11 is 3.51. The number of benzene rings is 3. The van der Waals surface area contributed by atoms with Crippen LogP contribution in [0.5, 0.6) is 0 Å². The molecule has 0 unspecified atom stereocenters. The highest BCUT2D eigenvalue weighted by Gasteiger charge is 2.04. The van der Waals surface area contributed by atoms with E-state index in [1.54, 1.807) is 0 Å². The van der Waals surface area contributed by atoms with Gasteiger partial charge in [0.1, 0.15) is 0 Å². The van der Waals surface area contributed by atoms with Crippen LogP contribution in [0.25, 0.3) is 5.57 Å². The van der Waals surface area contributed by atoms with Crippen molar-refractivity contribution in [3.8, 4) is 0 Å². The van der Waals surface area contributed by atoms with Crippen LogP contribution >= 0.6 is 15.9 Å². The van der Waals surface area contributed by atoms with E-state index >= 15 is 0 Å². The van der Waals surface area contributed by atoms with Crippen molar-refractivity contribution in [1.29, 1.82) is 0 Å². The molecule has 26 heavy (non-hydrogen) atoms. The van der Waals surface area contributed by atoms with Crippen LogP contribution in [0, 0.1) is 6.92 Å². The van der Waals surface area contributed by atoms with E-state index in [0.29, 0.717) is 6.54 Å². The summed E-state index contributed by atoms with van der Waals surface area (Å²) in [4.78, 5) is 4.91. The molecule has 0 atom stereocenters. The summed E-state index contributed by atoms with van der Waals surface area (Å²) in [7, 11) is 0. The van der Waals surface area contributed by atoms with Gasteiger partial charge in [-0.25, -0.2) is 0 Å². The molecule has 0 bridgehead atoms. The van der Waals surface area contributed by atoms with Crippen LogP contribution in [0.15, 0.2) is 94.4 Å². The second-order valence-corrected chi connectivity index (χ2v) is 7.31. The molecule has 0 aromatic heterocycles. The summed E-state index contributed by atoms with van der Waals surface area (Å²) in [6.45, 7) is 4.94. The first kappa shape index (κ1) is 18.3. The number of hydrogen-bond acceptors (Lipinski definition) is 1. The van der Waals surface area contributed by atoms with Gasteiger partial charge in [-0.2, -0.15) is 0 Å². The molecule has 2 heteroatoms. The lowest BCUT2D eigenvalue weighted by atomic mass is 10.0. The van der Waals surface area contributed by atoms with E-state index in [9.17, 15) is 0 Å². The molecule has 3 aromatic carbocycles. The topological polar surface area (TPSA) is 12.4 Å². The van der Waals surface area contributed by atoms with Crippen molar-refractivity contribution in [1.82, 2.24) is 0 Å². The maximum Gasteiger partial charge on any atom is 0.0653 e. The number of aryl methyl sites for hydroxylation is 1. The Hall–Kier alpha value is -2.45. The minimum absolute atomic E-state index is 0.670. The molecule has 0 fully saturated rings. The van der Waals surface area contributed by atoms with Crippen LogP contribution in [-0.4, -0.2) is 5.71 Å². The Balaban J connectivity index is 1.97. The number of allylic oxidation sites excluding steroid dienone is 2. The molecule has 0 aliphatic rings. The lowest BCUT2D eigenvalue weighted by Gasteiger charge is -2.07. The maximum atomic E-state index is 4.91. The first-order valence-corrected chi connectivity index (χ1v) is 9.51. The fraction of sp³-hybridized carbons (Fsp3) is 0.125. The molecule has 0 saturated carbocycles. The van der Waals surface area contributed by atoms with Gasteiger partial charge in [0.15, 0.2) is 0 Å². The highest BCUT2D eigenvalue weighted by molar-refractivity contribution is 9.10. The highest BCUT2D eigenvalue weighted by atomic mass is 79.9. The molecule has 0 aliphatic heterocycles. The SMILES string of the molecule is C/C(=C\C(=NCc1ccccc1)c1ccc(Br)cc1)c1cccc(C)c1. The predicted molar refractivity (Wildman–Crippen MR) is 116 cm³/mol. The summed E-state index contributed by atoms with van der Waals surface area (Å²) in [6.07, 6.45) is 2.18. The van der Waals surface area contributed by atoms with E-state index < -0.39 is 0 Å². The Kier molecular flexibility index (Phi) is 6.19. The lowest BCUT2D eigenvalue weighted by Crippen LogP contribution is -1.99. The third kappa shape index (κ3) is 5.03. The third-order valence-electron chi connectivity index (χ3n) is 4.24. The number of nitrogens with zero attached hydrogens (tertiary/aromatic N) is 1. The lowest BCUT2D eigenvalue weighted by molar-refractivity contribution is 1.07. The average Bonchev–Trinajstić information content (AvgIpc) is 2.66. The van der Waals surface area contributed by atoms with Gasteiger partial charge in [-0.3, -0.25) is 4.99 Å². The van der Waals surface area contributed by atoms with Gasteiger partial charge in [-0.1, -0.05) is 88.2 Å². The summed E-state index contributed by atoms with van der Waals surface area (Å²) < 4.78 is 1.07. The molecule has 0 spiro atoms. The third-order valence-corrected chi connectivity index (χ3v) is 4.77. The fourth-order valence-electron chi connectivity index (χ4n) is 2.78. The molecular formula is C24H22BrN. The smallest absolute Gasteiger partial charge is 0.0653 e. The van der Waals surface area contributed by atoms with E-state index in [4.69, 9.17) is 4.99 Å². The molecule has 0 heterocycles. The Bertz CT molecular complexity index is 922. The van der Waals surface area contributed by atoms with Crippen LogP contribution in [0.3, 0.4) is 0 Å². The van der Waals surface area contributed by atoms with Gasteiger partial charge in [-0.05, 0) is 54.3 Å². The van der Waals surface area contributed by atoms with Gasteiger partial charge in [0.05, 0.1) is 12.3 Å². The number of rotatable bonds is 5. The quantitative estimate of drug-likeness (QED) is 0.413. The van der Waals surface area contributed by atoms with Crippen molar-refractivity contribution >= 4 is 27.2 Å². The normalized spacial score (nSPS) is 12.3. The fourth-order valence-corrected chi connectivity index (χ4v) is 3.04. The monoisotopic (exact) mass is 403 g/mol. The van der Waals surface area contributed by atoms with Crippen LogP contribution < -0.4 is 0 Å². The maximum absolute atomic E-state index is 4.91. The molecular weight excluding hydrogens is 382 g/mol. The molecule has 0 radical (unpaired) electrons. The number of aliphatic imine (C=N–C) groups is 1. The molecule has 0 aliphatic carbocycles. The van der Waals surface area contributed by atoms with Gasteiger partial charge in [-0.15, -0.1) is 0 Å². The van der Waals surface area contributed by atoms with Gasteiger partial charge in [0, 0.05) is 4.47 Å². The highest BCUT2D eigenvalue weighted by Crippen LogP contribution is 2.18.